The van der Waals surface area contributed by atoms with E-state index in [1.807, 2.05) is 0 Å². The second kappa shape index (κ2) is 9.05. The first kappa shape index (κ1) is 20.3. The minimum absolute atomic E-state index is 0.267. The van der Waals surface area contributed by atoms with Crippen molar-refractivity contribution in [3.63, 3.8) is 0 Å². The SMILES string of the molecule is CCc1cc2c(cc1CC(CC)NC)N(CCCOC)CCC2(C)C. The van der Waals surface area contributed by atoms with E-state index in [1.54, 1.807) is 7.11 Å². The zero-order valence-corrected chi connectivity index (χ0v) is 17.2. The van der Waals surface area contributed by atoms with Gasteiger partial charge in [-0.15, -0.1) is 0 Å². The van der Waals surface area contributed by atoms with Gasteiger partial charge >= 0.3 is 0 Å². The van der Waals surface area contributed by atoms with E-state index in [0.29, 0.717) is 6.04 Å². The molecule has 0 amide bonds. The van der Waals surface area contributed by atoms with Crippen LogP contribution in [0.25, 0.3) is 0 Å². The van der Waals surface area contributed by atoms with E-state index in [2.05, 4.69) is 57.1 Å². The lowest BCUT2D eigenvalue weighted by molar-refractivity contribution is 0.195. The molecule has 1 heterocycles. The third-order valence-electron chi connectivity index (χ3n) is 5.92. The molecule has 2 rings (SSSR count). The molecule has 1 aliphatic rings. The van der Waals surface area contributed by atoms with Crippen molar-refractivity contribution in [3.05, 3.63) is 28.8 Å². The van der Waals surface area contributed by atoms with E-state index in [-0.39, 0.29) is 5.41 Å². The first-order valence-corrected chi connectivity index (χ1v) is 10.0. The minimum Gasteiger partial charge on any atom is -0.385 e. The summed E-state index contributed by atoms with van der Waals surface area (Å²) in [6.07, 6.45) is 5.72. The zero-order valence-electron chi connectivity index (χ0n) is 17.2. The number of nitrogens with zero attached hydrogens (tertiary/aromatic N) is 1. The van der Waals surface area contributed by atoms with Crippen LogP contribution in [0.1, 0.15) is 63.6 Å². The lowest BCUT2D eigenvalue weighted by atomic mass is 9.75. The molecule has 1 N–H and O–H groups in total. The molecule has 1 unspecified atom stereocenters. The molecule has 1 aliphatic heterocycles. The first-order valence-electron chi connectivity index (χ1n) is 10.0. The van der Waals surface area contributed by atoms with Crippen molar-refractivity contribution in [2.45, 2.75) is 71.3 Å². The van der Waals surface area contributed by atoms with Gasteiger partial charge < -0.3 is 15.0 Å². The number of anilines is 1. The molecule has 0 radical (unpaired) electrons. The molecule has 0 saturated carbocycles. The highest BCUT2D eigenvalue weighted by atomic mass is 16.5. The number of ether oxygens (including phenoxy) is 1. The van der Waals surface area contributed by atoms with Gasteiger partial charge in [-0.05, 0) is 67.3 Å². The average molecular weight is 347 g/mol. The average Bonchev–Trinajstić information content (AvgIpc) is 2.61. The normalized spacial score (nSPS) is 17.4. The van der Waals surface area contributed by atoms with Gasteiger partial charge in [-0.25, -0.2) is 0 Å². The van der Waals surface area contributed by atoms with E-state index < -0.39 is 0 Å². The van der Waals surface area contributed by atoms with Gasteiger partial charge in [-0.2, -0.15) is 0 Å². The molecule has 0 aliphatic carbocycles. The number of aryl methyl sites for hydroxylation is 1. The Balaban J connectivity index is 2.39. The van der Waals surface area contributed by atoms with Crippen LogP contribution >= 0.6 is 0 Å². The summed E-state index contributed by atoms with van der Waals surface area (Å²) in [6.45, 7) is 12.4. The first-order chi connectivity index (χ1) is 12.0. The number of methoxy groups -OCH3 is 1. The molecule has 1 atom stereocenters. The number of fused-ring (bicyclic) bond motifs is 1. The fraction of sp³-hybridized carbons (Fsp3) is 0.727. The van der Waals surface area contributed by atoms with Gasteiger partial charge in [-0.1, -0.05) is 33.8 Å². The van der Waals surface area contributed by atoms with Crippen LogP contribution in [0.2, 0.25) is 0 Å². The number of hydrogen-bond donors (Lipinski definition) is 1. The van der Waals surface area contributed by atoms with Gasteiger partial charge in [0.25, 0.3) is 0 Å². The summed E-state index contributed by atoms with van der Waals surface area (Å²) in [6, 6.07) is 5.57. The van der Waals surface area contributed by atoms with Crippen LogP contribution in [0, 0.1) is 0 Å². The van der Waals surface area contributed by atoms with Gasteiger partial charge in [0, 0.05) is 38.5 Å². The predicted molar refractivity (Wildman–Crippen MR) is 109 cm³/mol. The highest BCUT2D eigenvalue weighted by molar-refractivity contribution is 5.62. The van der Waals surface area contributed by atoms with Crippen molar-refractivity contribution in [1.82, 2.24) is 5.32 Å². The Bertz CT molecular complexity index is 549. The Labute approximate surface area is 155 Å². The molecular formula is C22H38N2O. The topological polar surface area (TPSA) is 24.5 Å². The minimum atomic E-state index is 0.267. The van der Waals surface area contributed by atoms with Crippen molar-refractivity contribution < 1.29 is 4.74 Å². The maximum atomic E-state index is 5.27. The molecule has 0 fully saturated rings. The van der Waals surface area contributed by atoms with Crippen LogP contribution in [0.5, 0.6) is 0 Å². The van der Waals surface area contributed by atoms with Gasteiger partial charge in [0.2, 0.25) is 0 Å². The molecule has 3 nitrogen and oxygen atoms in total. The maximum Gasteiger partial charge on any atom is 0.0479 e. The summed E-state index contributed by atoms with van der Waals surface area (Å²) in [5.41, 5.74) is 6.32. The summed E-state index contributed by atoms with van der Waals surface area (Å²) in [7, 11) is 3.87. The van der Waals surface area contributed by atoms with Crippen LogP contribution in [0.15, 0.2) is 12.1 Å². The molecule has 1 aromatic rings. The summed E-state index contributed by atoms with van der Waals surface area (Å²) < 4.78 is 5.27. The molecule has 142 valence electrons. The molecule has 0 spiro atoms. The summed E-state index contributed by atoms with van der Waals surface area (Å²) >= 11 is 0. The maximum absolute atomic E-state index is 5.27. The third kappa shape index (κ3) is 4.77. The monoisotopic (exact) mass is 346 g/mol. The van der Waals surface area contributed by atoms with Gasteiger partial charge in [0.15, 0.2) is 0 Å². The quantitative estimate of drug-likeness (QED) is 0.674. The highest BCUT2D eigenvalue weighted by Crippen LogP contribution is 2.41. The second-order valence-corrected chi connectivity index (χ2v) is 8.06. The van der Waals surface area contributed by atoms with Crippen molar-refractivity contribution in [3.8, 4) is 0 Å². The van der Waals surface area contributed by atoms with Gasteiger partial charge in [0.05, 0.1) is 0 Å². The Morgan fingerprint density at radius 1 is 1.24 bits per heavy atom. The van der Waals surface area contributed by atoms with Crippen LogP contribution < -0.4 is 10.2 Å². The van der Waals surface area contributed by atoms with Gasteiger partial charge in [-0.3, -0.25) is 0 Å². The highest BCUT2D eigenvalue weighted by Gasteiger charge is 2.32. The van der Waals surface area contributed by atoms with Crippen molar-refractivity contribution >= 4 is 5.69 Å². The van der Waals surface area contributed by atoms with Crippen LogP contribution in [-0.4, -0.2) is 39.9 Å². The van der Waals surface area contributed by atoms with Crippen LogP contribution in [0.4, 0.5) is 5.69 Å². The molecule has 0 saturated heterocycles. The van der Waals surface area contributed by atoms with Crippen molar-refractivity contribution in [2.75, 3.05) is 38.8 Å². The van der Waals surface area contributed by atoms with E-state index >= 15 is 0 Å². The zero-order chi connectivity index (χ0) is 18.4. The smallest absolute Gasteiger partial charge is 0.0479 e. The Kier molecular flexibility index (Phi) is 7.33. The second-order valence-electron chi connectivity index (χ2n) is 8.06. The summed E-state index contributed by atoms with van der Waals surface area (Å²) in [5, 5.41) is 3.47. The fourth-order valence-electron chi connectivity index (χ4n) is 4.02. The van der Waals surface area contributed by atoms with E-state index in [1.165, 1.54) is 35.2 Å². The van der Waals surface area contributed by atoms with E-state index in [4.69, 9.17) is 4.74 Å². The number of benzene rings is 1. The Hall–Kier alpha value is -1.06. The van der Waals surface area contributed by atoms with E-state index in [0.717, 1.165) is 39.0 Å². The van der Waals surface area contributed by atoms with Crippen LogP contribution in [-0.2, 0) is 23.0 Å². The molecule has 1 aromatic carbocycles. The number of likely N-dealkylation sites (N-methyl/N-ethyl adjacent to an activating group) is 1. The van der Waals surface area contributed by atoms with E-state index in [9.17, 15) is 0 Å². The molecule has 25 heavy (non-hydrogen) atoms. The van der Waals surface area contributed by atoms with Crippen molar-refractivity contribution in [2.24, 2.45) is 0 Å². The number of nitrogens with one attached hydrogen (secondary N) is 1. The van der Waals surface area contributed by atoms with Crippen LogP contribution in [0.3, 0.4) is 0 Å². The summed E-state index contributed by atoms with van der Waals surface area (Å²) in [5.74, 6) is 0. The molecule has 0 bridgehead atoms. The van der Waals surface area contributed by atoms with Gasteiger partial charge in [0.1, 0.15) is 0 Å². The third-order valence-corrected chi connectivity index (χ3v) is 5.92. The number of hydrogen-bond acceptors (Lipinski definition) is 3. The molecule has 3 heteroatoms. The number of rotatable bonds is 9. The molecular weight excluding hydrogens is 308 g/mol. The lowest BCUT2D eigenvalue weighted by Gasteiger charge is -2.41. The molecule has 0 aromatic heterocycles. The van der Waals surface area contributed by atoms with Crippen molar-refractivity contribution in [1.29, 1.82) is 0 Å². The standard InChI is InChI=1S/C22H38N2O/c1-7-17-15-20-21(16-18(17)14-19(8-2)23-5)24(11-9-13-25-6)12-10-22(20,3)4/h15-16,19,23H,7-14H2,1-6H3. The lowest BCUT2D eigenvalue weighted by Crippen LogP contribution is -2.38. The summed E-state index contributed by atoms with van der Waals surface area (Å²) in [4.78, 5) is 2.59. The Morgan fingerprint density at radius 3 is 2.60 bits per heavy atom. The largest absolute Gasteiger partial charge is 0.385 e. The predicted octanol–water partition coefficient (Wildman–Crippen LogP) is 4.31. The Morgan fingerprint density at radius 2 is 2.00 bits per heavy atom. The fourth-order valence-corrected chi connectivity index (χ4v) is 4.02.